The molecule has 0 atom stereocenters. The molecule has 12 heavy (non-hydrogen) atoms. The first-order valence-electron chi connectivity index (χ1n) is 3.96. The Kier molecular flexibility index (Phi) is 2.86. The SMILES string of the molecule is CC(=O)CC[14c]1[14cH][14cH][14c](O)[14cH][14cH]1. The van der Waals surface area contributed by atoms with E-state index >= 15 is 0 Å². The van der Waals surface area contributed by atoms with Crippen LogP contribution in [0.1, 0.15) is 18.9 Å². The highest BCUT2D eigenvalue weighted by Gasteiger charge is 1.96. The van der Waals surface area contributed by atoms with E-state index in [1.165, 1.54) is 0 Å². The Hall–Kier alpha value is -1.31. The maximum absolute atomic E-state index is 10.6. The third kappa shape index (κ3) is 2.74. The van der Waals surface area contributed by atoms with Crippen LogP contribution < -0.4 is 0 Å². The molecule has 0 spiro atoms. The number of ketones is 1. The Balaban J connectivity index is 2.53. The second-order valence-corrected chi connectivity index (χ2v) is 2.87. The number of aryl methyl sites for hydroxylation is 1. The predicted molar refractivity (Wildman–Crippen MR) is 47.1 cm³/mol. The zero-order chi connectivity index (χ0) is 8.97. The summed E-state index contributed by atoms with van der Waals surface area (Å²) in [4.78, 5) is 10.6. The van der Waals surface area contributed by atoms with Crippen molar-refractivity contribution in [3.63, 3.8) is 0 Å². The molecule has 0 amide bonds. The molecule has 0 aromatic heterocycles. The van der Waals surface area contributed by atoms with Crippen molar-refractivity contribution in [1.29, 1.82) is 0 Å². The normalized spacial score (nSPS) is 9.75. The lowest BCUT2D eigenvalue weighted by molar-refractivity contribution is -0.116. The van der Waals surface area contributed by atoms with Gasteiger partial charge in [0.2, 0.25) is 0 Å². The Bertz CT molecular complexity index is 262. The number of aromatic hydroxyl groups is 1. The highest BCUT2D eigenvalue weighted by Crippen LogP contribution is 2.10. The molecule has 0 radical (unpaired) electrons. The fraction of sp³-hybridized carbons (Fsp3) is 0.300. The van der Waals surface area contributed by atoms with Gasteiger partial charge in [0.25, 0.3) is 0 Å². The van der Waals surface area contributed by atoms with Crippen LogP contribution in [0.15, 0.2) is 24.3 Å². The highest BCUT2D eigenvalue weighted by atomic mass is 16.5. The van der Waals surface area contributed by atoms with Gasteiger partial charge >= 0.3 is 0 Å². The number of rotatable bonds is 3. The largest absolute Gasteiger partial charge is 0.508 e. The molecule has 0 aliphatic rings. The van der Waals surface area contributed by atoms with Gasteiger partial charge in [-0.3, -0.25) is 0 Å². The molecule has 2 nitrogen and oxygen atoms in total. The van der Waals surface area contributed by atoms with Crippen molar-refractivity contribution < 1.29 is 9.90 Å². The van der Waals surface area contributed by atoms with Crippen LogP contribution in [0.2, 0.25) is 0 Å². The van der Waals surface area contributed by atoms with Crippen LogP contribution >= 0.6 is 0 Å². The summed E-state index contributed by atoms with van der Waals surface area (Å²) in [6.07, 6.45) is 1.33. The van der Waals surface area contributed by atoms with Crippen molar-refractivity contribution in [2.24, 2.45) is 0 Å². The molecule has 0 aliphatic carbocycles. The van der Waals surface area contributed by atoms with E-state index in [2.05, 4.69) is 0 Å². The van der Waals surface area contributed by atoms with E-state index in [0.29, 0.717) is 6.42 Å². The van der Waals surface area contributed by atoms with Crippen LogP contribution in [0, 0.1) is 0 Å². The molecule has 2 heteroatoms. The molecule has 1 rings (SSSR count). The van der Waals surface area contributed by atoms with E-state index < -0.39 is 0 Å². The molecule has 0 bridgehead atoms. The lowest BCUT2D eigenvalue weighted by Gasteiger charge is -1.98. The lowest BCUT2D eigenvalue weighted by atomic mass is 10.3. The number of hydrogen-bond acceptors (Lipinski definition) is 2. The molecule has 0 fully saturated rings. The van der Waals surface area contributed by atoms with Crippen LogP contribution in [-0.2, 0) is 11.2 Å². The van der Waals surface area contributed by atoms with Crippen molar-refractivity contribution in [3.8, 4) is 5.75 Å². The number of phenols is 1. The summed E-state index contributed by atoms with van der Waals surface area (Å²) < 4.78 is 0. The van der Waals surface area contributed by atoms with E-state index in [9.17, 15) is 4.79 Å². The monoisotopic (exact) mass is 176 g/mol. The van der Waals surface area contributed by atoms with Gasteiger partial charge in [0.05, 0.1) is 0 Å². The van der Waals surface area contributed by atoms with Crippen LogP contribution in [0.25, 0.3) is 0 Å². The van der Waals surface area contributed by atoms with Gasteiger partial charge in [-0.05, 0) is 31.0 Å². The second-order valence-electron chi connectivity index (χ2n) is 2.87. The average Bonchev–Trinajstić information content (AvgIpc) is 2.03. The number of carbonyl (C=O) groups excluding carboxylic acids is 1. The standard InChI is InChI=1S/C10H12O2/c1-8(11)2-3-9-4-6-10(12)7-5-9/h4-7,12H,2-3H2,1H3/i4+2,5+2,6+2,7+2,9+2,10+2. The van der Waals surface area contributed by atoms with Crippen molar-refractivity contribution in [3.05, 3.63) is 29.8 Å². The quantitative estimate of drug-likeness (QED) is 0.763. The molecule has 0 unspecified atom stereocenters. The first kappa shape index (κ1) is 8.78. The summed E-state index contributed by atoms with van der Waals surface area (Å²) in [6.45, 7) is 1.58. The topological polar surface area (TPSA) is 37.3 Å². The summed E-state index contributed by atoms with van der Waals surface area (Å²) in [5.41, 5.74) is 1.09. The molecule has 0 saturated carbocycles. The van der Waals surface area contributed by atoms with Crippen molar-refractivity contribution in [2.75, 3.05) is 0 Å². The van der Waals surface area contributed by atoms with Crippen molar-refractivity contribution in [1.82, 2.24) is 0 Å². The zero-order valence-electron chi connectivity index (χ0n) is 7.08. The molecule has 0 saturated heterocycles. The number of hydrogen-bond donors (Lipinski definition) is 1. The fourth-order valence-electron chi connectivity index (χ4n) is 0.983. The molecule has 1 aromatic carbocycles. The smallest absolute Gasteiger partial charge is 0.130 e. The number of phenolic OH excluding ortho intramolecular Hbond substituents is 1. The minimum atomic E-state index is 0.197. The van der Waals surface area contributed by atoms with Crippen molar-refractivity contribution >= 4 is 5.78 Å². The lowest BCUT2D eigenvalue weighted by Crippen LogP contribution is -1.93. The van der Waals surface area contributed by atoms with Crippen LogP contribution in [0.3, 0.4) is 0 Å². The van der Waals surface area contributed by atoms with Crippen LogP contribution in [-0.4, -0.2) is 10.9 Å². The summed E-state index contributed by atoms with van der Waals surface area (Å²) in [5.74, 6) is 0.463. The molecule has 0 aliphatic heterocycles. The van der Waals surface area contributed by atoms with E-state index in [4.69, 9.17) is 5.11 Å². The fourth-order valence-corrected chi connectivity index (χ4v) is 0.983. The third-order valence-electron chi connectivity index (χ3n) is 1.70. The van der Waals surface area contributed by atoms with E-state index in [-0.39, 0.29) is 11.5 Å². The summed E-state index contributed by atoms with van der Waals surface area (Å²) in [6, 6.07) is 6.93. The molecule has 1 aromatic rings. The molecular weight excluding hydrogens is 164 g/mol. The van der Waals surface area contributed by atoms with Gasteiger partial charge < -0.3 is 9.90 Å². The highest BCUT2D eigenvalue weighted by molar-refractivity contribution is 5.75. The van der Waals surface area contributed by atoms with Gasteiger partial charge in [-0.2, -0.15) is 0 Å². The van der Waals surface area contributed by atoms with E-state index in [0.717, 1.165) is 12.0 Å². The van der Waals surface area contributed by atoms with Gasteiger partial charge in [0.15, 0.2) is 0 Å². The first-order valence-corrected chi connectivity index (χ1v) is 3.96. The maximum Gasteiger partial charge on any atom is 0.130 e. The molecule has 1 N–H and O–H groups in total. The minimum absolute atomic E-state index is 0.197. The summed E-state index contributed by atoms with van der Waals surface area (Å²) >= 11 is 0. The summed E-state index contributed by atoms with van der Waals surface area (Å²) in [5, 5.41) is 8.97. The predicted octanol–water partition coefficient (Wildman–Crippen LogP) is 1.91. The van der Waals surface area contributed by atoms with E-state index in [1.807, 2.05) is 12.1 Å². The van der Waals surface area contributed by atoms with Crippen LogP contribution in [0.5, 0.6) is 5.75 Å². The van der Waals surface area contributed by atoms with Gasteiger partial charge in [-0.15, -0.1) is 0 Å². The molecular formula is C10H12O2. The Morgan fingerprint density at radius 3 is 2.42 bits per heavy atom. The number of carbonyl (C=O) groups is 1. The van der Waals surface area contributed by atoms with Gasteiger partial charge in [0.1, 0.15) is 11.5 Å². The molecule has 0 heterocycles. The van der Waals surface area contributed by atoms with Crippen molar-refractivity contribution in [2.45, 2.75) is 19.8 Å². The number of Topliss-reactive ketones (excluding diaryl/α,β-unsaturated/α-hetero) is 1. The zero-order valence-corrected chi connectivity index (χ0v) is 7.08. The maximum atomic E-state index is 10.6. The Morgan fingerprint density at radius 1 is 1.33 bits per heavy atom. The van der Waals surface area contributed by atoms with Crippen LogP contribution in [0.4, 0.5) is 0 Å². The number of benzene rings is 1. The first-order chi connectivity index (χ1) is 5.68. The summed E-state index contributed by atoms with van der Waals surface area (Å²) in [7, 11) is 0. The van der Waals surface area contributed by atoms with E-state index in [1.54, 1.807) is 19.1 Å². The van der Waals surface area contributed by atoms with Gasteiger partial charge in [0, 0.05) is 6.42 Å². The van der Waals surface area contributed by atoms with Gasteiger partial charge in [-0.25, -0.2) is 0 Å². The Morgan fingerprint density at radius 2 is 1.92 bits per heavy atom. The minimum Gasteiger partial charge on any atom is -0.508 e. The Labute approximate surface area is 71.8 Å². The second kappa shape index (κ2) is 3.90. The van der Waals surface area contributed by atoms with Gasteiger partial charge in [-0.1, -0.05) is 12.1 Å². The third-order valence-corrected chi connectivity index (χ3v) is 1.70. The average molecular weight is 176 g/mol. The molecule has 64 valence electrons.